The van der Waals surface area contributed by atoms with Gasteiger partial charge in [-0.2, -0.15) is 0 Å². The number of pyridine rings is 1. The molecule has 6 aromatic carbocycles. The molecule has 9 rings (SSSR count). The molecule has 59 heavy (non-hydrogen) atoms. The molecule has 0 saturated heterocycles. The van der Waals surface area contributed by atoms with E-state index in [0.717, 1.165) is 98.4 Å². The number of phenols is 1. The predicted octanol–water partition coefficient (Wildman–Crippen LogP) is 13.7. The van der Waals surface area contributed by atoms with Crippen LogP contribution in [0, 0.1) is 6.07 Å². The summed E-state index contributed by atoms with van der Waals surface area (Å²) in [5.41, 5.74) is 16.6. The summed E-state index contributed by atoms with van der Waals surface area (Å²) in [6.07, 6.45) is 6.17. The van der Waals surface area contributed by atoms with Gasteiger partial charge in [-0.3, -0.25) is 9.55 Å². The number of benzene rings is 6. The van der Waals surface area contributed by atoms with Gasteiger partial charge >= 0.3 is 0 Å². The van der Waals surface area contributed by atoms with Gasteiger partial charge < -0.3 is 5.11 Å². The Balaban J connectivity index is 0.00000484. The van der Waals surface area contributed by atoms with Crippen molar-refractivity contribution in [2.75, 3.05) is 0 Å². The van der Waals surface area contributed by atoms with Gasteiger partial charge in [0.2, 0.25) is 0 Å². The van der Waals surface area contributed by atoms with Crippen molar-refractivity contribution in [2.24, 2.45) is 0 Å². The molecule has 8 aromatic rings. The molecular weight excluding hydrogens is 902 g/mol. The van der Waals surface area contributed by atoms with E-state index in [4.69, 9.17) is 9.97 Å². The van der Waals surface area contributed by atoms with Crippen LogP contribution in [0.15, 0.2) is 140 Å². The largest absolute Gasteiger partial charge is 0.507 e. The molecule has 0 fully saturated rings. The van der Waals surface area contributed by atoms with Crippen LogP contribution in [-0.2, 0) is 44.7 Å². The van der Waals surface area contributed by atoms with Gasteiger partial charge in [-0.25, -0.2) is 4.98 Å². The second-order valence-corrected chi connectivity index (χ2v) is 17.9. The van der Waals surface area contributed by atoms with E-state index >= 15 is 0 Å². The van der Waals surface area contributed by atoms with Crippen LogP contribution < -0.4 is 0 Å². The van der Waals surface area contributed by atoms with Gasteiger partial charge in [0, 0.05) is 38.5 Å². The summed E-state index contributed by atoms with van der Waals surface area (Å²) in [6, 6.07) is 51.1. The molecule has 2 aromatic heterocycles. The zero-order chi connectivity index (χ0) is 40.2. The molecule has 1 aliphatic rings. The number of aromatic hydroxyl groups is 1. The first kappa shape index (κ1) is 40.2. The third-order valence-electron chi connectivity index (χ3n) is 11.7. The molecule has 0 atom stereocenters. The number of phenolic OH excluding ortho intramolecular Hbond substituents is 1. The molecule has 0 spiro atoms. The van der Waals surface area contributed by atoms with Crippen molar-refractivity contribution < 1.29 is 26.2 Å². The van der Waals surface area contributed by atoms with E-state index in [0.29, 0.717) is 0 Å². The van der Waals surface area contributed by atoms with Gasteiger partial charge in [-0.05, 0) is 106 Å². The second-order valence-electron chi connectivity index (χ2n) is 17.9. The van der Waals surface area contributed by atoms with Crippen LogP contribution in [-0.4, -0.2) is 19.6 Å². The van der Waals surface area contributed by atoms with Gasteiger partial charge in [0.1, 0.15) is 11.6 Å². The van der Waals surface area contributed by atoms with E-state index in [-0.39, 0.29) is 37.6 Å². The molecule has 0 unspecified atom stereocenters. The van der Waals surface area contributed by atoms with Crippen LogP contribution in [0.25, 0.3) is 72.7 Å². The third-order valence-corrected chi connectivity index (χ3v) is 11.7. The van der Waals surface area contributed by atoms with Crippen LogP contribution in [0.2, 0.25) is 0 Å². The number of fused-ring (bicyclic) bond motifs is 2. The fraction of sp³-hybridized carbons (Fsp3) is 0.222. The van der Waals surface area contributed by atoms with Crippen LogP contribution in [0.3, 0.4) is 0 Å². The number of para-hydroxylation sites is 1. The summed E-state index contributed by atoms with van der Waals surface area (Å²) in [7, 11) is 0. The maximum absolute atomic E-state index is 11.9. The average molecular weight is 952 g/mol. The quantitative estimate of drug-likeness (QED) is 0.169. The first-order valence-electron chi connectivity index (χ1n) is 20.6. The number of hydrogen-bond donors (Lipinski definition) is 1. The summed E-state index contributed by atoms with van der Waals surface area (Å²) < 4.78 is 2.28. The van der Waals surface area contributed by atoms with E-state index in [2.05, 4.69) is 174 Å². The Hall–Kier alpha value is -5.57. The van der Waals surface area contributed by atoms with Gasteiger partial charge in [0.25, 0.3) is 0 Å². The first-order chi connectivity index (χ1) is 27.9. The maximum atomic E-state index is 11.9. The molecule has 298 valence electrons. The number of imidazole rings is 1. The average Bonchev–Trinajstić information content (AvgIpc) is 3.62. The van der Waals surface area contributed by atoms with Crippen LogP contribution in [0.5, 0.6) is 5.75 Å². The Morgan fingerprint density at radius 2 is 1.24 bits per heavy atom. The summed E-state index contributed by atoms with van der Waals surface area (Å²) in [4.78, 5) is 10.4. The molecule has 0 amide bonds. The number of rotatable bonds is 6. The fourth-order valence-electron chi connectivity index (χ4n) is 8.41. The molecule has 1 aliphatic carbocycles. The summed E-state index contributed by atoms with van der Waals surface area (Å²) in [6.45, 7) is 13.5. The monoisotopic (exact) mass is 951 g/mol. The van der Waals surface area contributed by atoms with E-state index in [9.17, 15) is 5.11 Å². The number of aromatic nitrogens is 3. The minimum atomic E-state index is -0.137. The Labute approximate surface area is 363 Å². The number of hydrogen-bond acceptors (Lipinski definition) is 3. The topological polar surface area (TPSA) is 50.9 Å². The molecule has 0 radical (unpaired) electrons. The van der Waals surface area contributed by atoms with E-state index in [1.54, 1.807) is 0 Å². The first-order valence-corrected chi connectivity index (χ1v) is 20.6. The summed E-state index contributed by atoms with van der Waals surface area (Å²) >= 11 is 0. The van der Waals surface area contributed by atoms with Crippen molar-refractivity contribution in [3.63, 3.8) is 0 Å². The molecule has 2 heterocycles. The molecule has 4 nitrogen and oxygen atoms in total. The maximum Gasteiger partial charge on any atom is 0.148 e. The van der Waals surface area contributed by atoms with Gasteiger partial charge in [-0.1, -0.05) is 138 Å². The van der Waals surface area contributed by atoms with Gasteiger partial charge in [-0.15, -0.1) is 29.3 Å². The Kier molecular flexibility index (Phi) is 10.8. The fourth-order valence-corrected chi connectivity index (χ4v) is 8.41. The Bertz CT molecular complexity index is 2810. The molecule has 1 N–H and O–H groups in total. The number of aryl methyl sites for hydroxylation is 2. The normalized spacial score (nSPS) is 12.9. The molecule has 0 bridgehead atoms. The Morgan fingerprint density at radius 3 is 1.93 bits per heavy atom. The second kappa shape index (κ2) is 15.9. The van der Waals surface area contributed by atoms with Crippen LogP contribution in [0.1, 0.15) is 76.6 Å². The van der Waals surface area contributed by atoms with Gasteiger partial charge in [0.05, 0.1) is 22.3 Å². The molecular formula is C54H50N3OPt-. The standard InChI is InChI=1S/C54H50N3O.Pt/c1-53(2,3)42-24-25-48(45(34-42)36-18-11-8-12-19-36)57-49-23-15-22-44(51(49)56-52(57)46-31-37-20-13-14-21-38(37)33-50(46)58)40-28-41(30-43(29-40)54(4,5)6)47-32-39(26-27-55-47)35-16-9-7-10-17-35;/h7-12,15-19,22-27,29-34,58H,13-14,20-21H2,1-6H3;/q-1;. The van der Waals surface area contributed by atoms with Crippen molar-refractivity contribution in [2.45, 2.75) is 78.1 Å². The molecule has 0 aliphatic heterocycles. The minimum Gasteiger partial charge on any atom is -0.507 e. The van der Waals surface area contributed by atoms with Crippen LogP contribution in [0.4, 0.5) is 0 Å². The van der Waals surface area contributed by atoms with E-state index in [1.807, 2.05) is 18.3 Å². The Morgan fingerprint density at radius 1 is 0.576 bits per heavy atom. The molecule has 0 saturated carbocycles. The SMILES string of the molecule is CC(C)(C)c1cc(-c2cc(-c3ccccc3)ccn2)[c-]c(-c2cccc3c2nc(-c2cc4c(cc2O)CCCC4)n3-c2ccc(C(C)(C)C)cc2-c2ccccc2)c1.[Pt]. The van der Waals surface area contributed by atoms with Crippen molar-refractivity contribution in [3.8, 4) is 67.5 Å². The molecule has 5 heteroatoms. The van der Waals surface area contributed by atoms with Crippen LogP contribution >= 0.6 is 0 Å². The van der Waals surface area contributed by atoms with E-state index in [1.165, 1.54) is 22.3 Å². The summed E-state index contributed by atoms with van der Waals surface area (Å²) in [5, 5.41) is 11.9. The summed E-state index contributed by atoms with van der Waals surface area (Å²) in [5.74, 6) is 0.984. The third kappa shape index (κ3) is 7.84. The van der Waals surface area contributed by atoms with Crippen molar-refractivity contribution in [1.29, 1.82) is 0 Å². The van der Waals surface area contributed by atoms with Crippen molar-refractivity contribution in [1.82, 2.24) is 14.5 Å². The minimum absolute atomic E-state index is 0. The van der Waals surface area contributed by atoms with Gasteiger partial charge in [0.15, 0.2) is 0 Å². The zero-order valence-electron chi connectivity index (χ0n) is 34.7. The predicted molar refractivity (Wildman–Crippen MR) is 241 cm³/mol. The van der Waals surface area contributed by atoms with Crippen molar-refractivity contribution in [3.05, 3.63) is 168 Å². The zero-order valence-corrected chi connectivity index (χ0v) is 37.0. The van der Waals surface area contributed by atoms with Crippen molar-refractivity contribution >= 4 is 11.0 Å². The number of nitrogens with zero attached hydrogens (tertiary/aromatic N) is 3. The van der Waals surface area contributed by atoms with E-state index < -0.39 is 0 Å². The smallest absolute Gasteiger partial charge is 0.148 e.